The van der Waals surface area contributed by atoms with Crippen molar-refractivity contribution in [1.82, 2.24) is 24.8 Å². The maximum absolute atomic E-state index is 12.9. The van der Waals surface area contributed by atoms with Gasteiger partial charge >= 0.3 is 6.18 Å². The molecule has 2 fully saturated rings. The minimum absolute atomic E-state index is 0.0877. The summed E-state index contributed by atoms with van der Waals surface area (Å²) in [6.45, 7) is 10.6. The number of anilines is 1. The monoisotopic (exact) mass is 609 g/mol. The Labute approximate surface area is 252 Å². The number of aryl methyl sites for hydroxylation is 2. The third-order valence-electron chi connectivity index (χ3n) is 8.41. The number of ether oxygens (including phenoxy) is 1. The zero-order valence-corrected chi connectivity index (χ0v) is 24.8. The Morgan fingerprint density at radius 2 is 2.02 bits per heavy atom. The number of aromatic nitrogens is 3. The SMILES string of the molecule is C=C1CO[C@H](CCn2c(C#N)cc3c(C)c(CN4CCC(Nc5ncnc6sc(CC(F)(F)F)cc56)CC4)ccc32)CN1. The lowest BCUT2D eigenvalue weighted by Gasteiger charge is -2.33. The first-order chi connectivity index (χ1) is 20.7. The summed E-state index contributed by atoms with van der Waals surface area (Å²) in [6, 6.07) is 10.4. The van der Waals surface area contributed by atoms with Crippen LogP contribution in [0.5, 0.6) is 0 Å². The molecular weight excluding hydrogens is 575 g/mol. The first kappa shape index (κ1) is 29.4. The predicted octanol–water partition coefficient (Wildman–Crippen LogP) is 5.90. The van der Waals surface area contributed by atoms with Crippen LogP contribution in [0.3, 0.4) is 0 Å². The molecule has 2 aliphatic heterocycles. The molecule has 0 aliphatic carbocycles. The number of morpholine rings is 1. The van der Waals surface area contributed by atoms with Crippen LogP contribution in [0.2, 0.25) is 0 Å². The summed E-state index contributed by atoms with van der Waals surface area (Å²) < 4.78 is 46.7. The Hall–Kier alpha value is -3.66. The van der Waals surface area contributed by atoms with Gasteiger partial charge in [-0.15, -0.1) is 11.3 Å². The molecule has 0 spiro atoms. The van der Waals surface area contributed by atoms with Crippen molar-refractivity contribution in [3.63, 3.8) is 0 Å². The van der Waals surface area contributed by atoms with E-state index in [-0.39, 0.29) is 17.0 Å². The van der Waals surface area contributed by atoms with Crippen LogP contribution in [0.15, 0.2) is 42.9 Å². The van der Waals surface area contributed by atoms with Crippen molar-refractivity contribution in [2.45, 2.75) is 64.0 Å². The standard InChI is InChI=1S/C31H34F3N7OS/c1-19-17-42-24(15-36-19)7-10-41-23(14-35)11-26-20(2)21(3-4-28(26)41)16-40-8-5-22(6-9-40)39-29-27-12-25(13-31(32,33)34)43-30(27)38-18-37-29/h3-4,11-12,18,22,24,36H,1,5-10,13,15-17H2,2H3,(H,37,38,39)/t24-/m1/s1. The molecule has 0 unspecified atom stereocenters. The minimum atomic E-state index is -4.25. The van der Waals surface area contributed by atoms with Crippen LogP contribution in [0.4, 0.5) is 19.0 Å². The van der Waals surface area contributed by atoms with E-state index in [0.29, 0.717) is 34.9 Å². The van der Waals surface area contributed by atoms with Gasteiger partial charge in [0.05, 0.1) is 24.5 Å². The Bertz CT molecular complexity index is 1670. The number of nitrogens with zero attached hydrogens (tertiary/aromatic N) is 5. The van der Waals surface area contributed by atoms with Crippen LogP contribution >= 0.6 is 11.3 Å². The fraction of sp³-hybridized carbons (Fsp3) is 0.452. The second-order valence-corrected chi connectivity index (χ2v) is 12.5. The smallest absolute Gasteiger partial charge is 0.384 e. The van der Waals surface area contributed by atoms with Gasteiger partial charge in [0.1, 0.15) is 28.7 Å². The van der Waals surface area contributed by atoms with Crippen LogP contribution in [0, 0.1) is 18.3 Å². The molecule has 0 radical (unpaired) electrons. The Balaban J connectivity index is 1.08. The van der Waals surface area contributed by atoms with E-state index in [4.69, 9.17) is 4.74 Å². The second-order valence-electron chi connectivity index (χ2n) is 11.4. The van der Waals surface area contributed by atoms with Gasteiger partial charge in [-0.25, -0.2) is 9.97 Å². The van der Waals surface area contributed by atoms with Crippen LogP contribution in [0.25, 0.3) is 21.1 Å². The molecule has 6 rings (SSSR count). The van der Waals surface area contributed by atoms with E-state index in [2.05, 4.69) is 61.8 Å². The summed E-state index contributed by atoms with van der Waals surface area (Å²) in [7, 11) is 0. The predicted molar refractivity (Wildman–Crippen MR) is 162 cm³/mol. The van der Waals surface area contributed by atoms with Crippen molar-refractivity contribution in [3.8, 4) is 6.07 Å². The number of piperidine rings is 1. The van der Waals surface area contributed by atoms with E-state index in [1.54, 1.807) is 6.07 Å². The van der Waals surface area contributed by atoms with Gasteiger partial charge < -0.3 is 19.9 Å². The van der Waals surface area contributed by atoms with E-state index >= 15 is 0 Å². The molecule has 226 valence electrons. The molecule has 4 aromatic rings. The average Bonchev–Trinajstić information content (AvgIpc) is 3.55. The van der Waals surface area contributed by atoms with E-state index in [0.717, 1.165) is 73.4 Å². The molecule has 2 aliphatic rings. The zero-order valence-electron chi connectivity index (χ0n) is 24.0. The molecule has 0 bridgehead atoms. The highest BCUT2D eigenvalue weighted by Gasteiger charge is 2.29. The Morgan fingerprint density at radius 3 is 2.74 bits per heavy atom. The number of fused-ring (bicyclic) bond motifs is 2. The summed E-state index contributed by atoms with van der Waals surface area (Å²) in [5.74, 6) is 0.601. The van der Waals surface area contributed by atoms with Crippen LogP contribution in [0.1, 0.15) is 41.0 Å². The molecule has 2 saturated heterocycles. The third-order valence-corrected chi connectivity index (χ3v) is 9.45. The first-order valence-corrected chi connectivity index (χ1v) is 15.3. The van der Waals surface area contributed by atoms with Crippen LogP contribution < -0.4 is 10.6 Å². The number of benzene rings is 1. The number of halogens is 3. The number of alkyl halides is 3. The van der Waals surface area contributed by atoms with E-state index in [1.807, 2.05) is 6.07 Å². The molecule has 0 amide bonds. The maximum atomic E-state index is 12.9. The van der Waals surface area contributed by atoms with Gasteiger partial charge in [0.25, 0.3) is 0 Å². The first-order valence-electron chi connectivity index (χ1n) is 14.5. The Kier molecular flexibility index (Phi) is 8.31. The number of likely N-dealkylation sites (tertiary alicyclic amines) is 1. The Morgan fingerprint density at radius 1 is 1.21 bits per heavy atom. The topological polar surface area (TPSA) is 91.0 Å². The highest BCUT2D eigenvalue weighted by molar-refractivity contribution is 7.18. The lowest BCUT2D eigenvalue weighted by molar-refractivity contribution is -0.126. The third kappa shape index (κ3) is 6.64. The van der Waals surface area contributed by atoms with Crippen molar-refractivity contribution in [2.24, 2.45) is 0 Å². The number of thiophene rings is 1. The number of nitriles is 1. The van der Waals surface area contributed by atoms with Crippen LogP contribution in [-0.4, -0.2) is 64.0 Å². The summed E-state index contributed by atoms with van der Waals surface area (Å²) in [4.78, 5) is 11.8. The van der Waals surface area contributed by atoms with E-state index < -0.39 is 12.6 Å². The van der Waals surface area contributed by atoms with Gasteiger partial charge in [0, 0.05) is 60.2 Å². The minimum Gasteiger partial charge on any atom is -0.384 e. The molecular formula is C31H34F3N7OS. The quantitative estimate of drug-likeness (QED) is 0.257. The molecule has 1 aromatic carbocycles. The van der Waals surface area contributed by atoms with Gasteiger partial charge in [-0.3, -0.25) is 4.90 Å². The second kappa shape index (κ2) is 12.1. The lowest BCUT2D eigenvalue weighted by Crippen LogP contribution is -2.39. The lowest BCUT2D eigenvalue weighted by atomic mass is 10.0. The fourth-order valence-corrected chi connectivity index (χ4v) is 7.07. The number of hydrogen-bond acceptors (Lipinski definition) is 8. The van der Waals surface area contributed by atoms with E-state index in [9.17, 15) is 18.4 Å². The van der Waals surface area contributed by atoms with Gasteiger partial charge in [-0.1, -0.05) is 12.6 Å². The summed E-state index contributed by atoms with van der Waals surface area (Å²) in [6.07, 6.45) is -1.11. The largest absolute Gasteiger partial charge is 0.393 e. The van der Waals surface area contributed by atoms with E-state index in [1.165, 1.54) is 17.5 Å². The maximum Gasteiger partial charge on any atom is 0.393 e. The van der Waals surface area contributed by atoms with Crippen molar-refractivity contribution in [3.05, 3.63) is 64.6 Å². The average molecular weight is 610 g/mol. The van der Waals surface area contributed by atoms with Crippen molar-refractivity contribution < 1.29 is 17.9 Å². The summed E-state index contributed by atoms with van der Waals surface area (Å²) in [5, 5.41) is 18.4. The van der Waals surface area contributed by atoms with Crippen molar-refractivity contribution >= 4 is 38.3 Å². The molecule has 2 N–H and O–H groups in total. The fourth-order valence-electron chi connectivity index (χ4n) is 6.05. The number of nitrogens with one attached hydrogen (secondary N) is 2. The van der Waals surface area contributed by atoms with Gasteiger partial charge in [0.2, 0.25) is 0 Å². The molecule has 12 heteroatoms. The van der Waals surface area contributed by atoms with Gasteiger partial charge in [0.15, 0.2) is 0 Å². The van der Waals surface area contributed by atoms with Gasteiger partial charge in [-0.2, -0.15) is 18.4 Å². The number of rotatable bonds is 8. The number of hydrogen-bond donors (Lipinski definition) is 2. The van der Waals surface area contributed by atoms with Crippen molar-refractivity contribution in [1.29, 1.82) is 5.26 Å². The highest BCUT2D eigenvalue weighted by Crippen LogP contribution is 2.33. The molecule has 5 heterocycles. The molecule has 43 heavy (non-hydrogen) atoms. The molecule has 1 atom stereocenters. The highest BCUT2D eigenvalue weighted by atomic mass is 32.1. The van der Waals surface area contributed by atoms with Crippen molar-refractivity contribution in [2.75, 3.05) is 31.6 Å². The summed E-state index contributed by atoms with van der Waals surface area (Å²) >= 11 is 1.07. The van der Waals surface area contributed by atoms with Crippen LogP contribution in [-0.2, 0) is 24.2 Å². The summed E-state index contributed by atoms with van der Waals surface area (Å²) in [5.41, 5.74) is 5.06. The van der Waals surface area contributed by atoms with Gasteiger partial charge in [-0.05, 0) is 55.5 Å². The molecule has 8 nitrogen and oxygen atoms in total. The zero-order chi connectivity index (χ0) is 30.1. The molecule has 0 saturated carbocycles. The normalized spacial score (nSPS) is 18.7. The molecule has 3 aromatic heterocycles.